The molecule has 0 spiro atoms. The number of rotatable bonds is 4. The predicted molar refractivity (Wildman–Crippen MR) is 63.6 cm³/mol. The molecule has 0 radical (unpaired) electrons. The molecule has 2 saturated heterocycles. The van der Waals surface area contributed by atoms with Crippen molar-refractivity contribution in [2.45, 2.75) is 18.9 Å². The zero-order valence-corrected chi connectivity index (χ0v) is 10.3. The maximum Gasteiger partial charge on any atom is 0.0933 e. The molecule has 0 aromatic rings. The van der Waals surface area contributed by atoms with E-state index < -0.39 is 0 Å². The molecule has 0 saturated carbocycles. The van der Waals surface area contributed by atoms with Crippen molar-refractivity contribution in [1.29, 1.82) is 0 Å². The summed E-state index contributed by atoms with van der Waals surface area (Å²) in [7, 11) is 2.21. The second kappa shape index (κ2) is 6.55. The third-order valence-corrected chi connectivity index (χ3v) is 3.53. The van der Waals surface area contributed by atoms with Crippen molar-refractivity contribution in [2.75, 3.05) is 53.0 Å². The molecule has 0 amide bonds. The van der Waals surface area contributed by atoms with E-state index in [2.05, 4.69) is 17.3 Å². The van der Waals surface area contributed by atoms with Gasteiger partial charge in [0.1, 0.15) is 0 Å². The van der Waals surface area contributed by atoms with E-state index in [-0.39, 0.29) is 6.10 Å². The molecule has 94 valence electrons. The minimum Gasteiger partial charge on any atom is -0.376 e. The van der Waals surface area contributed by atoms with Gasteiger partial charge in [-0.1, -0.05) is 0 Å². The largest absolute Gasteiger partial charge is 0.376 e. The van der Waals surface area contributed by atoms with Gasteiger partial charge < -0.3 is 19.7 Å². The minimum atomic E-state index is 0.264. The summed E-state index contributed by atoms with van der Waals surface area (Å²) >= 11 is 0. The molecule has 1 N–H and O–H groups in total. The highest BCUT2D eigenvalue weighted by Gasteiger charge is 2.18. The number of nitrogens with one attached hydrogen (secondary N) is 1. The zero-order chi connectivity index (χ0) is 11.2. The molecule has 0 aliphatic carbocycles. The van der Waals surface area contributed by atoms with E-state index in [4.69, 9.17) is 9.47 Å². The van der Waals surface area contributed by atoms with Gasteiger partial charge in [0.15, 0.2) is 0 Å². The van der Waals surface area contributed by atoms with Crippen molar-refractivity contribution in [3.8, 4) is 0 Å². The summed E-state index contributed by atoms with van der Waals surface area (Å²) in [4.78, 5) is 2.41. The monoisotopic (exact) mass is 228 g/mol. The van der Waals surface area contributed by atoms with Crippen LogP contribution in [-0.2, 0) is 9.47 Å². The summed E-state index contributed by atoms with van der Waals surface area (Å²) < 4.78 is 11.0. The van der Waals surface area contributed by atoms with Gasteiger partial charge in [-0.25, -0.2) is 0 Å². The van der Waals surface area contributed by atoms with Gasteiger partial charge in [0.05, 0.1) is 25.9 Å². The quantitative estimate of drug-likeness (QED) is 0.752. The summed E-state index contributed by atoms with van der Waals surface area (Å²) in [5.41, 5.74) is 0. The van der Waals surface area contributed by atoms with Gasteiger partial charge in [0, 0.05) is 6.54 Å². The molecular weight excluding hydrogens is 204 g/mol. The molecular formula is C12H24N2O2. The Hall–Kier alpha value is -0.160. The fraction of sp³-hybridized carbons (Fsp3) is 1.00. The average Bonchev–Trinajstić information content (AvgIpc) is 2.33. The Kier molecular flexibility index (Phi) is 5.03. The van der Waals surface area contributed by atoms with Crippen molar-refractivity contribution >= 4 is 0 Å². The van der Waals surface area contributed by atoms with E-state index in [0.717, 1.165) is 38.8 Å². The molecule has 2 aliphatic rings. The highest BCUT2D eigenvalue weighted by Crippen LogP contribution is 2.14. The van der Waals surface area contributed by atoms with Crippen molar-refractivity contribution in [3.63, 3.8) is 0 Å². The van der Waals surface area contributed by atoms with Crippen LogP contribution in [0.15, 0.2) is 0 Å². The van der Waals surface area contributed by atoms with Gasteiger partial charge in [-0.3, -0.25) is 0 Å². The molecule has 0 aromatic carbocycles. The normalized spacial score (nSPS) is 29.4. The van der Waals surface area contributed by atoms with E-state index in [0.29, 0.717) is 0 Å². The van der Waals surface area contributed by atoms with Crippen LogP contribution in [0.25, 0.3) is 0 Å². The lowest BCUT2D eigenvalue weighted by Gasteiger charge is -2.30. The van der Waals surface area contributed by atoms with Gasteiger partial charge in [0.2, 0.25) is 0 Å². The highest BCUT2D eigenvalue weighted by molar-refractivity contribution is 4.73. The van der Waals surface area contributed by atoms with Gasteiger partial charge in [-0.15, -0.1) is 0 Å². The maximum atomic E-state index is 5.59. The molecule has 0 aromatic heterocycles. The molecule has 2 aliphatic heterocycles. The first-order valence-corrected chi connectivity index (χ1v) is 6.43. The topological polar surface area (TPSA) is 33.7 Å². The van der Waals surface area contributed by atoms with Crippen LogP contribution < -0.4 is 5.32 Å². The smallest absolute Gasteiger partial charge is 0.0933 e. The Balaban J connectivity index is 1.53. The van der Waals surface area contributed by atoms with Crippen molar-refractivity contribution in [1.82, 2.24) is 10.2 Å². The lowest BCUT2D eigenvalue weighted by Crippen LogP contribution is -2.40. The molecule has 2 fully saturated rings. The average molecular weight is 228 g/mol. The number of hydrogen-bond donors (Lipinski definition) is 1. The molecule has 0 bridgehead atoms. The third kappa shape index (κ3) is 4.01. The van der Waals surface area contributed by atoms with Crippen LogP contribution in [0.5, 0.6) is 0 Å². The van der Waals surface area contributed by atoms with E-state index in [9.17, 15) is 0 Å². The Labute approximate surface area is 98.3 Å². The second-order valence-electron chi connectivity index (χ2n) is 4.97. The summed E-state index contributed by atoms with van der Waals surface area (Å²) in [5.74, 6) is 0.848. The van der Waals surface area contributed by atoms with Crippen LogP contribution in [-0.4, -0.2) is 64.1 Å². The summed E-state index contributed by atoms with van der Waals surface area (Å²) in [5, 5.41) is 3.52. The number of likely N-dealkylation sites (tertiary alicyclic amines) is 1. The van der Waals surface area contributed by atoms with Gasteiger partial charge in [0.25, 0.3) is 0 Å². The molecule has 4 nitrogen and oxygen atoms in total. The Morgan fingerprint density at radius 3 is 2.69 bits per heavy atom. The van der Waals surface area contributed by atoms with Crippen LogP contribution in [0.2, 0.25) is 0 Å². The highest BCUT2D eigenvalue weighted by atomic mass is 16.6. The summed E-state index contributed by atoms with van der Waals surface area (Å²) in [6.45, 7) is 6.82. The first kappa shape index (κ1) is 12.3. The van der Waals surface area contributed by atoms with Crippen LogP contribution in [0.1, 0.15) is 12.8 Å². The summed E-state index contributed by atoms with van der Waals surface area (Å²) in [6, 6.07) is 0. The zero-order valence-electron chi connectivity index (χ0n) is 10.3. The molecule has 1 unspecified atom stereocenters. The van der Waals surface area contributed by atoms with Gasteiger partial charge in [-0.05, 0) is 45.4 Å². The van der Waals surface area contributed by atoms with Crippen molar-refractivity contribution in [3.05, 3.63) is 0 Å². The standard InChI is InChI=1S/C12H24N2O2/c1-14-4-2-11(3-5-14)8-13-9-12-10-15-6-7-16-12/h11-13H,2-10H2,1H3. The van der Waals surface area contributed by atoms with Gasteiger partial charge in [-0.2, -0.15) is 0 Å². The number of piperidine rings is 1. The molecule has 4 heteroatoms. The first-order valence-electron chi connectivity index (χ1n) is 6.43. The molecule has 16 heavy (non-hydrogen) atoms. The van der Waals surface area contributed by atoms with Crippen molar-refractivity contribution in [2.24, 2.45) is 5.92 Å². The van der Waals surface area contributed by atoms with Gasteiger partial charge >= 0.3 is 0 Å². The van der Waals surface area contributed by atoms with Crippen LogP contribution in [0, 0.1) is 5.92 Å². The minimum absolute atomic E-state index is 0.264. The lowest BCUT2D eigenvalue weighted by molar-refractivity contribution is -0.0865. The number of nitrogens with zero attached hydrogens (tertiary/aromatic N) is 1. The molecule has 2 rings (SSSR count). The van der Waals surface area contributed by atoms with Crippen molar-refractivity contribution < 1.29 is 9.47 Å². The van der Waals surface area contributed by atoms with Crippen LogP contribution >= 0.6 is 0 Å². The number of hydrogen-bond acceptors (Lipinski definition) is 4. The first-order chi connectivity index (χ1) is 7.84. The maximum absolute atomic E-state index is 5.59. The SMILES string of the molecule is CN1CCC(CNCC2COCCO2)CC1. The fourth-order valence-corrected chi connectivity index (χ4v) is 2.37. The van der Waals surface area contributed by atoms with Crippen LogP contribution in [0.3, 0.4) is 0 Å². The Morgan fingerprint density at radius 2 is 2.00 bits per heavy atom. The number of ether oxygens (including phenoxy) is 2. The second-order valence-corrected chi connectivity index (χ2v) is 4.97. The molecule has 1 atom stereocenters. The van der Waals surface area contributed by atoms with E-state index in [1.54, 1.807) is 0 Å². The predicted octanol–water partition coefficient (Wildman–Crippen LogP) is 0.333. The third-order valence-electron chi connectivity index (χ3n) is 3.53. The lowest BCUT2D eigenvalue weighted by atomic mass is 9.97. The fourth-order valence-electron chi connectivity index (χ4n) is 2.37. The van der Waals surface area contributed by atoms with E-state index in [1.165, 1.54) is 25.9 Å². The van der Waals surface area contributed by atoms with E-state index in [1.807, 2.05) is 0 Å². The Morgan fingerprint density at radius 1 is 1.19 bits per heavy atom. The van der Waals surface area contributed by atoms with E-state index >= 15 is 0 Å². The molecule has 2 heterocycles. The Bertz CT molecular complexity index is 187. The summed E-state index contributed by atoms with van der Waals surface area (Å²) in [6.07, 6.45) is 2.91. The van der Waals surface area contributed by atoms with Crippen LogP contribution in [0.4, 0.5) is 0 Å².